The molecule has 0 saturated heterocycles. The van der Waals surface area contributed by atoms with E-state index in [1.54, 1.807) is 0 Å². The first-order valence-corrected chi connectivity index (χ1v) is 5.64. The molecular weight excluding hydrogens is 188 g/mol. The quantitative estimate of drug-likeness (QED) is 0.732. The van der Waals surface area contributed by atoms with Crippen LogP contribution in [-0.4, -0.2) is 11.9 Å². The summed E-state index contributed by atoms with van der Waals surface area (Å²) in [5.41, 5.74) is -0.146. The average molecular weight is 210 g/mol. The Kier molecular flexibility index (Phi) is 6.00. The number of nitrogens with zero attached hydrogens (tertiary/aromatic N) is 1. The summed E-state index contributed by atoms with van der Waals surface area (Å²) in [6, 6.07) is 2.27. The fourth-order valence-corrected chi connectivity index (χ4v) is 1.67. The predicted octanol–water partition coefficient (Wildman–Crippen LogP) is 2.62. The molecule has 0 aliphatic rings. The van der Waals surface area contributed by atoms with Gasteiger partial charge in [-0.3, -0.25) is 4.79 Å². The Morgan fingerprint density at radius 1 is 1.47 bits per heavy atom. The third-order valence-corrected chi connectivity index (χ3v) is 2.70. The Balaban J connectivity index is 4.36. The van der Waals surface area contributed by atoms with Crippen molar-refractivity contribution < 1.29 is 4.79 Å². The van der Waals surface area contributed by atoms with Crippen molar-refractivity contribution in [2.75, 3.05) is 0 Å². The molecule has 0 heterocycles. The van der Waals surface area contributed by atoms with Crippen molar-refractivity contribution in [3.63, 3.8) is 0 Å². The summed E-state index contributed by atoms with van der Waals surface area (Å²) in [7, 11) is 0. The maximum absolute atomic E-state index is 11.5. The van der Waals surface area contributed by atoms with Crippen LogP contribution in [0.5, 0.6) is 0 Å². The number of carbonyl (C=O) groups excluding carboxylic acids is 1. The number of amides is 1. The molecule has 0 bridgehead atoms. The van der Waals surface area contributed by atoms with Gasteiger partial charge in [0.1, 0.15) is 0 Å². The van der Waals surface area contributed by atoms with Gasteiger partial charge in [0.15, 0.2) is 0 Å². The van der Waals surface area contributed by atoms with Crippen LogP contribution >= 0.6 is 0 Å². The topological polar surface area (TPSA) is 52.9 Å². The number of nitriles is 1. The molecule has 0 radical (unpaired) electrons. The molecule has 1 atom stereocenters. The fraction of sp³-hybridized carbons (Fsp3) is 0.833. The Labute approximate surface area is 92.9 Å². The highest BCUT2D eigenvalue weighted by atomic mass is 16.1. The first kappa shape index (κ1) is 14.0. The van der Waals surface area contributed by atoms with Crippen molar-refractivity contribution in [2.45, 2.75) is 59.4 Å². The minimum atomic E-state index is -0.146. The van der Waals surface area contributed by atoms with Gasteiger partial charge in [0.25, 0.3) is 0 Å². The van der Waals surface area contributed by atoms with Crippen LogP contribution in [0.4, 0.5) is 0 Å². The second-order valence-corrected chi connectivity index (χ2v) is 4.60. The smallest absolute Gasteiger partial charge is 0.220 e. The molecule has 1 amide bonds. The van der Waals surface area contributed by atoms with Crippen LogP contribution in [0.3, 0.4) is 0 Å². The van der Waals surface area contributed by atoms with E-state index in [1.165, 1.54) is 0 Å². The molecule has 3 heteroatoms. The van der Waals surface area contributed by atoms with Gasteiger partial charge >= 0.3 is 0 Å². The monoisotopic (exact) mass is 210 g/mol. The van der Waals surface area contributed by atoms with Crippen molar-refractivity contribution in [2.24, 2.45) is 5.41 Å². The largest absolute Gasteiger partial charge is 0.353 e. The van der Waals surface area contributed by atoms with E-state index >= 15 is 0 Å². The molecule has 0 spiro atoms. The molecule has 1 unspecified atom stereocenters. The predicted molar refractivity (Wildman–Crippen MR) is 61.1 cm³/mol. The van der Waals surface area contributed by atoms with E-state index in [4.69, 9.17) is 5.26 Å². The normalized spacial score (nSPS) is 13.0. The van der Waals surface area contributed by atoms with Crippen LogP contribution < -0.4 is 5.32 Å². The summed E-state index contributed by atoms with van der Waals surface area (Å²) in [6.07, 6.45) is 2.77. The van der Waals surface area contributed by atoms with Crippen LogP contribution in [0.25, 0.3) is 0 Å². The number of hydrogen-bond donors (Lipinski definition) is 1. The van der Waals surface area contributed by atoms with Gasteiger partial charge in [0.05, 0.1) is 6.07 Å². The maximum Gasteiger partial charge on any atom is 0.220 e. The number of hydrogen-bond acceptors (Lipinski definition) is 2. The molecule has 3 nitrogen and oxygen atoms in total. The van der Waals surface area contributed by atoms with Crippen LogP contribution in [0.2, 0.25) is 0 Å². The van der Waals surface area contributed by atoms with Crippen molar-refractivity contribution in [3.8, 4) is 6.07 Å². The molecule has 15 heavy (non-hydrogen) atoms. The van der Waals surface area contributed by atoms with E-state index in [0.29, 0.717) is 12.8 Å². The van der Waals surface area contributed by atoms with Crippen molar-refractivity contribution in [1.29, 1.82) is 5.26 Å². The lowest BCUT2D eigenvalue weighted by molar-refractivity contribution is -0.122. The van der Waals surface area contributed by atoms with Crippen molar-refractivity contribution in [3.05, 3.63) is 0 Å². The third kappa shape index (κ3) is 4.83. The Morgan fingerprint density at radius 3 is 2.47 bits per heavy atom. The summed E-state index contributed by atoms with van der Waals surface area (Å²) < 4.78 is 0. The van der Waals surface area contributed by atoms with Crippen LogP contribution in [0.1, 0.15) is 53.4 Å². The second-order valence-electron chi connectivity index (χ2n) is 4.60. The zero-order valence-electron chi connectivity index (χ0n) is 10.3. The summed E-state index contributed by atoms with van der Waals surface area (Å²) in [5.74, 6) is 0.0929. The SMILES string of the molecule is CCCC(=O)NC(CC)C(C)(C)CC#N. The molecule has 1 N–H and O–H groups in total. The van der Waals surface area contributed by atoms with Gasteiger partial charge in [0.2, 0.25) is 5.91 Å². The Hall–Kier alpha value is -1.04. The minimum absolute atomic E-state index is 0.0929. The van der Waals surface area contributed by atoms with Gasteiger partial charge in [-0.25, -0.2) is 0 Å². The molecule has 0 aromatic rings. The summed E-state index contributed by atoms with van der Waals surface area (Å²) >= 11 is 0. The summed E-state index contributed by atoms with van der Waals surface area (Å²) in [6.45, 7) is 8.07. The molecule has 0 aromatic heterocycles. The van der Waals surface area contributed by atoms with Crippen molar-refractivity contribution >= 4 is 5.91 Å². The zero-order chi connectivity index (χ0) is 11.9. The standard InChI is InChI=1S/C12H22N2O/c1-5-7-11(15)14-10(6-2)12(3,4)8-9-13/h10H,5-8H2,1-4H3,(H,14,15). The number of carbonyl (C=O) groups is 1. The van der Waals surface area contributed by atoms with Gasteiger partial charge < -0.3 is 5.32 Å². The highest BCUT2D eigenvalue weighted by molar-refractivity contribution is 5.76. The molecule has 0 fully saturated rings. The van der Waals surface area contributed by atoms with E-state index < -0.39 is 0 Å². The first-order chi connectivity index (χ1) is 6.97. The van der Waals surface area contributed by atoms with Gasteiger partial charge in [-0.2, -0.15) is 5.26 Å². The lowest BCUT2D eigenvalue weighted by Gasteiger charge is -2.32. The fourth-order valence-electron chi connectivity index (χ4n) is 1.67. The van der Waals surface area contributed by atoms with E-state index in [2.05, 4.69) is 11.4 Å². The second kappa shape index (κ2) is 6.44. The lowest BCUT2D eigenvalue weighted by Crippen LogP contribution is -2.44. The van der Waals surface area contributed by atoms with Gasteiger partial charge in [-0.1, -0.05) is 27.7 Å². The van der Waals surface area contributed by atoms with Crippen LogP contribution in [0, 0.1) is 16.7 Å². The van der Waals surface area contributed by atoms with Gasteiger partial charge in [-0.05, 0) is 18.3 Å². The summed E-state index contributed by atoms with van der Waals surface area (Å²) in [4.78, 5) is 11.5. The van der Waals surface area contributed by atoms with Gasteiger partial charge in [-0.15, -0.1) is 0 Å². The highest BCUT2D eigenvalue weighted by Crippen LogP contribution is 2.26. The molecular formula is C12H22N2O. The highest BCUT2D eigenvalue weighted by Gasteiger charge is 2.28. The molecule has 0 saturated carbocycles. The molecule has 86 valence electrons. The minimum Gasteiger partial charge on any atom is -0.353 e. The average Bonchev–Trinajstić information content (AvgIpc) is 2.14. The van der Waals surface area contributed by atoms with E-state index in [0.717, 1.165) is 12.8 Å². The van der Waals surface area contributed by atoms with E-state index in [9.17, 15) is 4.79 Å². The van der Waals surface area contributed by atoms with Crippen molar-refractivity contribution in [1.82, 2.24) is 5.32 Å². The van der Waals surface area contributed by atoms with Gasteiger partial charge in [0, 0.05) is 18.9 Å². The zero-order valence-corrected chi connectivity index (χ0v) is 10.3. The Bertz CT molecular complexity index is 240. The molecule has 0 aromatic carbocycles. The number of nitrogens with one attached hydrogen (secondary N) is 1. The molecule has 0 rings (SSSR count). The summed E-state index contributed by atoms with van der Waals surface area (Å²) in [5, 5.41) is 11.7. The lowest BCUT2D eigenvalue weighted by atomic mass is 9.80. The van der Waals surface area contributed by atoms with E-state index in [-0.39, 0.29) is 17.4 Å². The van der Waals surface area contributed by atoms with Crippen LogP contribution in [0.15, 0.2) is 0 Å². The van der Waals surface area contributed by atoms with Crippen LogP contribution in [-0.2, 0) is 4.79 Å². The first-order valence-electron chi connectivity index (χ1n) is 5.64. The third-order valence-electron chi connectivity index (χ3n) is 2.70. The maximum atomic E-state index is 11.5. The Morgan fingerprint density at radius 2 is 2.07 bits per heavy atom. The van der Waals surface area contributed by atoms with E-state index in [1.807, 2.05) is 27.7 Å². The number of rotatable bonds is 6. The molecule has 0 aliphatic heterocycles. The molecule has 0 aliphatic carbocycles.